The molecule has 13 rings (SSSR count). The molecule has 3 aliphatic rings. The highest BCUT2D eigenvalue weighted by molar-refractivity contribution is 7.98. The summed E-state index contributed by atoms with van der Waals surface area (Å²) in [6, 6.07) is 100. The Bertz CT molecular complexity index is 4160. The molecule has 15 atom stereocenters. The molecule has 3 heterocycles. The maximum atomic E-state index is 12.9. The second kappa shape index (κ2) is 43.3. The zero-order valence-electron chi connectivity index (χ0n) is 62.0. The molecule has 3 fully saturated rings. The molecule has 18 heteroatoms. The van der Waals surface area contributed by atoms with Crippen LogP contribution in [-0.4, -0.2) is 130 Å². The van der Waals surface area contributed by atoms with Gasteiger partial charge in [0.2, 0.25) is 0 Å². The van der Waals surface area contributed by atoms with Crippen LogP contribution in [0.15, 0.2) is 303 Å². The van der Waals surface area contributed by atoms with Crippen molar-refractivity contribution in [3.8, 4) is 0 Å². The number of ether oxygens (including phenoxy) is 16. The first-order valence-corrected chi connectivity index (χ1v) is 39.0. The third-order valence-corrected chi connectivity index (χ3v) is 20.3. The van der Waals surface area contributed by atoms with Gasteiger partial charge in [-0.2, -0.15) is 11.8 Å². The molecule has 0 radical (unpaired) electrons. The Hall–Kier alpha value is -8.58. The molecule has 0 unspecified atom stereocenters. The van der Waals surface area contributed by atoms with E-state index in [2.05, 4.69) is 24.3 Å². The minimum absolute atomic E-state index is 0.140. The van der Waals surface area contributed by atoms with Crippen LogP contribution >= 0.6 is 11.8 Å². The van der Waals surface area contributed by atoms with E-state index in [1.165, 1.54) is 12.5 Å². The number of hydrogen-bond acceptors (Lipinski definition) is 18. The first-order valence-electron chi connectivity index (χ1n) is 37.8. The number of rotatable bonds is 41. The second-order valence-corrected chi connectivity index (χ2v) is 28.5. The average Bonchev–Trinajstić information content (AvgIpc) is 0.781. The lowest BCUT2D eigenvalue weighted by Crippen LogP contribution is -2.65. The van der Waals surface area contributed by atoms with E-state index < -0.39 is 98.1 Å². The monoisotopic (exact) mass is 1510 g/mol. The van der Waals surface area contributed by atoms with Crippen LogP contribution in [0.25, 0.3) is 0 Å². The van der Waals surface area contributed by atoms with Crippen molar-refractivity contribution in [3.63, 3.8) is 0 Å². The molecule has 0 N–H and O–H groups in total. The fraction of sp³-hybridized carbons (Fsp3) is 0.337. The van der Waals surface area contributed by atoms with Crippen molar-refractivity contribution in [3.05, 3.63) is 359 Å². The van der Waals surface area contributed by atoms with Gasteiger partial charge in [-0.15, -0.1) is 0 Å². The third kappa shape index (κ3) is 24.2. The highest BCUT2D eigenvalue weighted by Crippen LogP contribution is 2.38. The summed E-state index contributed by atoms with van der Waals surface area (Å²) in [6.07, 6.45) is -14.3. The Balaban J connectivity index is 0.882. The van der Waals surface area contributed by atoms with Crippen molar-refractivity contribution in [1.29, 1.82) is 0 Å². The van der Waals surface area contributed by atoms with E-state index in [4.69, 9.17) is 75.8 Å². The zero-order chi connectivity index (χ0) is 75.0. The molecule has 0 aliphatic carbocycles. The lowest BCUT2D eigenvalue weighted by molar-refractivity contribution is -0.362. The summed E-state index contributed by atoms with van der Waals surface area (Å²) in [5, 5.41) is 0. The molecule has 0 spiro atoms. The van der Waals surface area contributed by atoms with Crippen molar-refractivity contribution < 1.29 is 80.6 Å². The number of hydrogen-bond donors (Lipinski definition) is 0. The van der Waals surface area contributed by atoms with Crippen LogP contribution in [-0.2, 0) is 146 Å². The predicted molar refractivity (Wildman–Crippen MR) is 418 cm³/mol. The van der Waals surface area contributed by atoms with Gasteiger partial charge in [-0.3, -0.25) is 4.79 Å². The topological polar surface area (TPSA) is 165 Å². The molecular formula is C92H98O17S. The molecule has 0 bridgehead atoms. The fourth-order valence-electron chi connectivity index (χ4n) is 13.6. The minimum Gasteiger partial charge on any atom is -0.463 e. The van der Waals surface area contributed by atoms with Gasteiger partial charge in [0.15, 0.2) is 18.9 Å². The minimum atomic E-state index is -1.24. The van der Waals surface area contributed by atoms with Crippen LogP contribution in [0.5, 0.6) is 0 Å². The quantitative estimate of drug-likeness (QED) is 0.0262. The Morgan fingerprint density at radius 2 is 0.464 bits per heavy atom. The van der Waals surface area contributed by atoms with Crippen molar-refractivity contribution in [2.24, 2.45) is 0 Å². The van der Waals surface area contributed by atoms with Crippen LogP contribution in [0, 0.1) is 0 Å². The number of esters is 1. The van der Waals surface area contributed by atoms with Gasteiger partial charge in [0, 0.05) is 18.4 Å². The molecule has 110 heavy (non-hydrogen) atoms. The number of benzene rings is 10. The molecule has 3 aliphatic heterocycles. The largest absolute Gasteiger partial charge is 0.463 e. The van der Waals surface area contributed by atoms with E-state index in [-0.39, 0.29) is 79.3 Å². The van der Waals surface area contributed by atoms with Crippen molar-refractivity contribution in [2.45, 2.75) is 164 Å². The van der Waals surface area contributed by atoms with Crippen molar-refractivity contribution in [2.75, 3.05) is 32.2 Å². The normalized spacial score (nSPS) is 24.0. The molecule has 0 saturated carbocycles. The lowest BCUT2D eigenvalue weighted by Gasteiger charge is -2.49. The van der Waals surface area contributed by atoms with E-state index >= 15 is 0 Å². The van der Waals surface area contributed by atoms with Crippen LogP contribution in [0.3, 0.4) is 0 Å². The van der Waals surface area contributed by atoms with Gasteiger partial charge in [0.1, 0.15) is 79.9 Å². The van der Waals surface area contributed by atoms with E-state index in [9.17, 15) is 4.79 Å². The Labute approximate surface area is 650 Å². The van der Waals surface area contributed by atoms with Gasteiger partial charge in [0.05, 0.1) is 79.3 Å². The maximum Gasteiger partial charge on any atom is 0.302 e. The highest BCUT2D eigenvalue weighted by atomic mass is 32.2. The smallest absolute Gasteiger partial charge is 0.302 e. The van der Waals surface area contributed by atoms with Gasteiger partial charge in [-0.05, 0) is 55.6 Å². The summed E-state index contributed by atoms with van der Waals surface area (Å²) in [5.74, 6) is 0.957. The van der Waals surface area contributed by atoms with Crippen LogP contribution in [0.4, 0.5) is 0 Å². The lowest BCUT2D eigenvalue weighted by atomic mass is 9.96. The summed E-state index contributed by atoms with van der Waals surface area (Å²) < 4.78 is 114. The highest BCUT2D eigenvalue weighted by Gasteiger charge is 2.54. The summed E-state index contributed by atoms with van der Waals surface area (Å²) in [4.78, 5) is 12.9. The molecule has 3 saturated heterocycles. The second-order valence-electron chi connectivity index (χ2n) is 27.4. The molecule has 0 amide bonds. The number of thioether (sulfide) groups is 1. The predicted octanol–water partition coefficient (Wildman–Crippen LogP) is 16.0. The standard InChI is InChI=1S/C92H98O17S/c1-67(93)95-63-78-81(96-54-68-32-12-2-13-33-68)85(100-58-72-40-20-6-21-41-72)88(103-61-75-46-26-9-27-47-75)91(108-78)106-65-80-83(98-56-70-36-16-4-17-37-70)86(101-59-73-42-22-7-23-43-73)89(104-62-76-48-28-10-29-49-76)92(109-80)105-64-79-82(97-55-69-34-14-3-15-35-69)84(99-57-71-38-18-5-19-39-71)87(102-60-74-44-24-8-25-45-74)90(107-79)94-52-53-110-66-77-50-30-11-31-51-77/h2-51,78-92H,52-66H2,1H3/t78-,79-,80-,81-,82-,83-,84+,85+,86+,87-,88-,89-,90+,91+,92+/m1/s1. The summed E-state index contributed by atoms with van der Waals surface area (Å²) in [7, 11) is 0. The first kappa shape index (κ1) is 79.5. The molecule has 17 nitrogen and oxygen atoms in total. The Kier molecular flexibility index (Phi) is 31.3. The molecular weight excluding hydrogens is 1410 g/mol. The fourth-order valence-corrected chi connectivity index (χ4v) is 14.4. The summed E-state index contributed by atoms with van der Waals surface area (Å²) >= 11 is 1.77. The van der Waals surface area contributed by atoms with Gasteiger partial charge < -0.3 is 75.8 Å². The van der Waals surface area contributed by atoms with E-state index in [1.54, 1.807) is 11.8 Å². The van der Waals surface area contributed by atoms with Gasteiger partial charge in [-0.1, -0.05) is 303 Å². The van der Waals surface area contributed by atoms with Crippen LogP contribution in [0.1, 0.15) is 62.6 Å². The van der Waals surface area contributed by atoms with E-state index in [0.717, 1.165) is 55.8 Å². The number of carbonyl (C=O) groups is 1. The first-order chi connectivity index (χ1) is 54.4. The molecule has 0 aromatic heterocycles. The third-order valence-electron chi connectivity index (χ3n) is 19.3. The summed E-state index contributed by atoms with van der Waals surface area (Å²) in [5.41, 5.74) is 9.53. The Morgan fingerprint density at radius 3 is 0.709 bits per heavy atom. The van der Waals surface area contributed by atoms with Gasteiger partial charge in [-0.25, -0.2) is 0 Å². The van der Waals surface area contributed by atoms with E-state index in [1.807, 2.05) is 279 Å². The van der Waals surface area contributed by atoms with Crippen LogP contribution in [0.2, 0.25) is 0 Å². The van der Waals surface area contributed by atoms with Crippen molar-refractivity contribution in [1.82, 2.24) is 0 Å². The zero-order valence-corrected chi connectivity index (χ0v) is 62.8. The van der Waals surface area contributed by atoms with Gasteiger partial charge >= 0.3 is 5.97 Å². The van der Waals surface area contributed by atoms with Gasteiger partial charge in [0.25, 0.3) is 0 Å². The van der Waals surface area contributed by atoms with E-state index in [0.29, 0.717) is 12.4 Å². The number of carbonyl (C=O) groups excluding carboxylic acids is 1. The SMILES string of the molecule is CC(=O)OC[C@H]1O[C@H](OC[C@H]2O[C@H](OC[C@H]3O[C@H](OCCSCc4ccccc4)[C@H](OCc4ccccc4)[C@@H](OCc4ccccc4)[C@@H]3OCc3ccccc3)[C@H](OCc3ccccc3)[C@@H](OCc3ccccc3)[C@@H]2OCc2ccccc2)[C@H](OCc2ccccc2)[C@@H](OCc2ccccc2)[C@@H]1OCc1ccccc1. The van der Waals surface area contributed by atoms with Crippen LogP contribution < -0.4 is 0 Å². The Morgan fingerprint density at radius 1 is 0.255 bits per heavy atom. The summed E-state index contributed by atoms with van der Waals surface area (Å²) in [6.45, 7) is 2.72. The van der Waals surface area contributed by atoms with Crippen molar-refractivity contribution >= 4 is 17.7 Å². The average molecular weight is 1510 g/mol. The molecule has 574 valence electrons. The molecule has 10 aromatic carbocycles. The molecule has 10 aromatic rings. The maximum absolute atomic E-state index is 12.9.